The van der Waals surface area contributed by atoms with E-state index in [0.717, 1.165) is 24.2 Å². The lowest BCUT2D eigenvalue weighted by molar-refractivity contribution is -0.137. The Kier molecular flexibility index (Phi) is 8.44. The van der Waals surface area contributed by atoms with Crippen LogP contribution in [0.4, 0.5) is 11.4 Å². The van der Waals surface area contributed by atoms with Crippen molar-refractivity contribution >= 4 is 34.2 Å². The number of amides is 2. The molecule has 4 aromatic rings. The molecule has 0 unspecified atom stereocenters. The molecule has 42 heavy (non-hydrogen) atoms. The molecule has 5 rings (SSSR count). The molecule has 0 radical (unpaired) electrons. The number of pyridine rings is 2. The van der Waals surface area contributed by atoms with Crippen LogP contribution < -0.4 is 25.4 Å². The number of hydrogen-bond acceptors (Lipinski definition) is 7. The molecule has 0 bridgehead atoms. The average Bonchev–Trinajstić information content (AvgIpc) is 3.47. The average molecular weight is 572 g/mol. The number of nitrogens with zero attached hydrogens (tertiary/aromatic N) is 4. The Morgan fingerprint density at radius 3 is 2.69 bits per heavy atom. The summed E-state index contributed by atoms with van der Waals surface area (Å²) in [5, 5.41) is 4.04. The molecule has 0 atom stereocenters. The summed E-state index contributed by atoms with van der Waals surface area (Å²) in [6, 6.07) is 13.0. The third-order valence-corrected chi connectivity index (χ3v) is 7.78. The molecule has 1 aliphatic rings. The van der Waals surface area contributed by atoms with Crippen LogP contribution in [0.1, 0.15) is 38.4 Å². The van der Waals surface area contributed by atoms with Gasteiger partial charge in [0.1, 0.15) is 16.7 Å². The van der Waals surface area contributed by atoms with Crippen LogP contribution in [0.15, 0.2) is 70.3 Å². The molecule has 10 heteroatoms. The molecule has 0 fully saturated rings. The maximum atomic E-state index is 13.1. The topological polar surface area (TPSA) is 110 Å². The maximum absolute atomic E-state index is 13.1. The van der Waals surface area contributed by atoms with Gasteiger partial charge >= 0.3 is 0 Å². The number of ether oxygens (including phenoxy) is 1. The van der Waals surface area contributed by atoms with Crippen LogP contribution in [0.2, 0.25) is 0 Å². The molecule has 1 aromatic carbocycles. The van der Waals surface area contributed by atoms with Crippen molar-refractivity contribution in [1.29, 1.82) is 0 Å². The van der Waals surface area contributed by atoms with Gasteiger partial charge in [-0.1, -0.05) is 6.07 Å². The van der Waals surface area contributed by atoms with Crippen molar-refractivity contribution in [3.8, 4) is 5.75 Å². The van der Waals surface area contributed by atoms with Gasteiger partial charge in [0.15, 0.2) is 0 Å². The Morgan fingerprint density at radius 2 is 1.88 bits per heavy atom. The van der Waals surface area contributed by atoms with E-state index in [2.05, 4.69) is 10.3 Å². The summed E-state index contributed by atoms with van der Waals surface area (Å²) < 4.78 is 13.0. The summed E-state index contributed by atoms with van der Waals surface area (Å²) in [7, 11) is 1.70. The van der Waals surface area contributed by atoms with Gasteiger partial charge in [-0.05, 0) is 69.6 Å². The first kappa shape index (κ1) is 29.1. The van der Waals surface area contributed by atoms with Crippen molar-refractivity contribution in [1.82, 2.24) is 14.9 Å². The highest BCUT2D eigenvalue weighted by Crippen LogP contribution is 2.40. The molecule has 4 heterocycles. The zero-order chi connectivity index (χ0) is 29.9. The SMILES string of the molecule is CCN1C(=O)C(C)(C)C(=O)N(C)c2cc(OCCCNCc3cccnc3CCn3ccc4occc4c3=O)ccc21. The number of aryl methyl sites for hydroxylation is 2. The fourth-order valence-electron chi connectivity index (χ4n) is 5.35. The van der Waals surface area contributed by atoms with Crippen LogP contribution >= 0.6 is 0 Å². The molecular weight excluding hydrogens is 534 g/mol. The van der Waals surface area contributed by atoms with E-state index in [4.69, 9.17) is 9.15 Å². The van der Waals surface area contributed by atoms with Crippen molar-refractivity contribution in [3.05, 3.63) is 82.7 Å². The zero-order valence-corrected chi connectivity index (χ0v) is 24.6. The summed E-state index contributed by atoms with van der Waals surface area (Å²) in [5.41, 5.74) is 2.79. The van der Waals surface area contributed by atoms with E-state index in [1.807, 2.05) is 43.3 Å². The van der Waals surface area contributed by atoms with Gasteiger partial charge in [0.25, 0.3) is 5.56 Å². The molecule has 3 aromatic heterocycles. The van der Waals surface area contributed by atoms with Crippen LogP contribution in [0.3, 0.4) is 0 Å². The number of rotatable bonds is 11. The van der Waals surface area contributed by atoms with E-state index in [1.165, 1.54) is 6.26 Å². The molecule has 10 nitrogen and oxygen atoms in total. The number of anilines is 2. The molecule has 0 spiro atoms. The minimum Gasteiger partial charge on any atom is -0.493 e. The van der Waals surface area contributed by atoms with Gasteiger partial charge in [-0.3, -0.25) is 19.4 Å². The second-order valence-corrected chi connectivity index (χ2v) is 10.9. The number of carbonyl (C=O) groups excluding carboxylic acids is 2. The Bertz CT molecular complexity index is 1660. The lowest BCUT2D eigenvalue weighted by Gasteiger charge is -2.27. The first-order valence-corrected chi connectivity index (χ1v) is 14.3. The van der Waals surface area contributed by atoms with Crippen molar-refractivity contribution < 1.29 is 18.7 Å². The Balaban J connectivity index is 1.13. The van der Waals surface area contributed by atoms with Crippen LogP contribution in [0.5, 0.6) is 5.75 Å². The first-order chi connectivity index (χ1) is 20.2. The summed E-state index contributed by atoms with van der Waals surface area (Å²) in [5.74, 6) is 0.198. The van der Waals surface area contributed by atoms with Crippen molar-refractivity contribution in [2.45, 2.75) is 46.7 Å². The molecule has 0 saturated carbocycles. The molecule has 0 saturated heterocycles. The Morgan fingerprint density at radius 1 is 1.05 bits per heavy atom. The highest BCUT2D eigenvalue weighted by atomic mass is 16.5. The minimum atomic E-state index is -1.14. The maximum Gasteiger partial charge on any atom is 0.261 e. The van der Waals surface area contributed by atoms with Gasteiger partial charge in [-0.25, -0.2) is 0 Å². The largest absolute Gasteiger partial charge is 0.493 e. The second-order valence-electron chi connectivity index (χ2n) is 10.9. The third kappa shape index (κ3) is 5.67. The fraction of sp³-hybridized carbons (Fsp3) is 0.375. The molecular formula is C32H37N5O5. The number of furan rings is 1. The molecule has 220 valence electrons. The minimum absolute atomic E-state index is 0.0652. The lowest BCUT2D eigenvalue weighted by atomic mass is 9.90. The number of carbonyl (C=O) groups is 2. The molecule has 0 aliphatic carbocycles. The van der Waals surface area contributed by atoms with E-state index in [0.29, 0.717) is 60.8 Å². The van der Waals surface area contributed by atoms with Crippen LogP contribution in [-0.4, -0.2) is 48.1 Å². The van der Waals surface area contributed by atoms with Gasteiger partial charge in [0, 0.05) is 57.3 Å². The fourth-order valence-corrected chi connectivity index (χ4v) is 5.35. The predicted molar refractivity (Wildman–Crippen MR) is 162 cm³/mol. The van der Waals surface area contributed by atoms with E-state index < -0.39 is 5.41 Å². The standard InChI is InChI=1S/C32H37N5O5/c1-5-37-26-10-9-23(20-27(26)35(4)30(39)32(2,3)31(37)40)41-18-7-14-33-21-22-8-6-15-34-25(22)11-16-36-17-12-28-24(29(36)38)13-19-42-28/h6,8-10,12-13,15,17,19-20,33H,5,7,11,14,16,18,21H2,1-4H3. The normalized spacial score (nSPS) is 14.8. The van der Waals surface area contributed by atoms with E-state index in [-0.39, 0.29) is 17.4 Å². The quantitative estimate of drug-likeness (QED) is 0.213. The lowest BCUT2D eigenvalue weighted by Crippen LogP contribution is -2.47. The van der Waals surface area contributed by atoms with E-state index in [1.54, 1.807) is 53.7 Å². The number of benzene rings is 1. The third-order valence-electron chi connectivity index (χ3n) is 7.78. The van der Waals surface area contributed by atoms with Crippen molar-refractivity contribution in [2.75, 3.05) is 36.5 Å². The van der Waals surface area contributed by atoms with Gasteiger partial charge in [0.2, 0.25) is 11.8 Å². The highest BCUT2D eigenvalue weighted by Gasteiger charge is 2.45. The van der Waals surface area contributed by atoms with E-state index in [9.17, 15) is 14.4 Å². The highest BCUT2D eigenvalue weighted by molar-refractivity contribution is 6.20. The summed E-state index contributed by atoms with van der Waals surface area (Å²) in [4.78, 5) is 46.6. The van der Waals surface area contributed by atoms with Crippen molar-refractivity contribution in [2.24, 2.45) is 5.41 Å². The number of hydrogen-bond donors (Lipinski definition) is 1. The smallest absolute Gasteiger partial charge is 0.261 e. The Labute approximate surface area is 244 Å². The number of nitrogens with one attached hydrogen (secondary N) is 1. The molecule has 2 amide bonds. The predicted octanol–water partition coefficient (Wildman–Crippen LogP) is 4.15. The summed E-state index contributed by atoms with van der Waals surface area (Å²) in [6.45, 7) is 8.13. The second kappa shape index (κ2) is 12.2. The van der Waals surface area contributed by atoms with Gasteiger partial charge in [0.05, 0.1) is 29.6 Å². The summed E-state index contributed by atoms with van der Waals surface area (Å²) in [6.07, 6.45) is 6.47. The first-order valence-electron chi connectivity index (χ1n) is 14.3. The van der Waals surface area contributed by atoms with Gasteiger partial charge in [-0.2, -0.15) is 0 Å². The molecule has 1 aliphatic heterocycles. The molecule has 1 N–H and O–H groups in total. The number of aromatic nitrogens is 2. The van der Waals surface area contributed by atoms with E-state index >= 15 is 0 Å². The van der Waals surface area contributed by atoms with Crippen LogP contribution in [-0.2, 0) is 29.1 Å². The van der Waals surface area contributed by atoms with Gasteiger partial charge < -0.3 is 28.8 Å². The Hall–Kier alpha value is -4.44. The van der Waals surface area contributed by atoms with Gasteiger partial charge in [-0.15, -0.1) is 0 Å². The van der Waals surface area contributed by atoms with Crippen LogP contribution in [0, 0.1) is 5.41 Å². The summed E-state index contributed by atoms with van der Waals surface area (Å²) >= 11 is 0. The van der Waals surface area contributed by atoms with Crippen LogP contribution in [0.25, 0.3) is 11.0 Å². The monoisotopic (exact) mass is 571 g/mol. The zero-order valence-electron chi connectivity index (χ0n) is 24.6. The number of fused-ring (bicyclic) bond motifs is 2. The van der Waals surface area contributed by atoms with Crippen molar-refractivity contribution in [3.63, 3.8) is 0 Å².